The zero-order valence-corrected chi connectivity index (χ0v) is 10.9. The normalized spacial score (nSPS) is 25.8. The minimum absolute atomic E-state index is 0.0267. The molecule has 0 radical (unpaired) electrons. The van der Waals surface area contributed by atoms with E-state index >= 15 is 0 Å². The highest BCUT2D eigenvalue weighted by atomic mass is 16.2. The maximum Gasteiger partial charge on any atom is 0.268 e. The number of aromatic nitrogens is 3. The smallest absolute Gasteiger partial charge is 0.268 e. The van der Waals surface area contributed by atoms with Gasteiger partial charge in [-0.3, -0.25) is 4.79 Å². The van der Waals surface area contributed by atoms with Crippen molar-refractivity contribution in [3.05, 3.63) is 23.8 Å². The number of amides is 1. The number of hydrogen-bond donors (Lipinski definition) is 1. The molecule has 3 heterocycles. The van der Waals surface area contributed by atoms with Crippen LogP contribution in [-0.4, -0.2) is 26.5 Å². The minimum atomic E-state index is 0.0267. The molecule has 98 valence electrons. The van der Waals surface area contributed by atoms with Gasteiger partial charge in [-0.05, 0) is 25.8 Å². The molecule has 19 heavy (non-hydrogen) atoms. The average Bonchev–Trinajstić information content (AvgIpc) is 2.78. The molecule has 0 bridgehead atoms. The van der Waals surface area contributed by atoms with Crippen molar-refractivity contribution in [3.8, 4) is 0 Å². The Bertz CT molecular complexity index is 675. The second kappa shape index (κ2) is 3.79. The first-order valence-corrected chi connectivity index (χ1v) is 6.89. The lowest BCUT2D eigenvalue weighted by Gasteiger charge is -2.38. The lowest BCUT2D eigenvalue weighted by Crippen LogP contribution is -2.48. The van der Waals surface area contributed by atoms with Gasteiger partial charge in [0.2, 0.25) is 0 Å². The van der Waals surface area contributed by atoms with Crippen molar-refractivity contribution in [2.45, 2.75) is 44.7 Å². The number of carbonyl (C=O) groups excluding carboxylic acids is 1. The summed E-state index contributed by atoms with van der Waals surface area (Å²) in [6.07, 6.45) is 6.42. The number of hydrogen-bond acceptors (Lipinski definition) is 3. The van der Waals surface area contributed by atoms with Gasteiger partial charge in [-0.2, -0.15) is 0 Å². The molecule has 1 amide bonds. The van der Waals surface area contributed by atoms with Gasteiger partial charge >= 0.3 is 0 Å². The van der Waals surface area contributed by atoms with Crippen LogP contribution in [0, 0.1) is 6.92 Å². The Kier molecular flexibility index (Phi) is 2.19. The van der Waals surface area contributed by atoms with Crippen LogP contribution >= 0.6 is 0 Å². The van der Waals surface area contributed by atoms with E-state index in [2.05, 4.69) is 19.9 Å². The molecule has 2 aromatic heterocycles. The summed E-state index contributed by atoms with van der Waals surface area (Å²) >= 11 is 0. The molecule has 1 aliphatic carbocycles. The van der Waals surface area contributed by atoms with Gasteiger partial charge in [-0.1, -0.05) is 12.8 Å². The fourth-order valence-electron chi connectivity index (χ4n) is 3.43. The van der Waals surface area contributed by atoms with E-state index in [4.69, 9.17) is 0 Å². The maximum atomic E-state index is 12.2. The molecular formula is C14H16N4O. The molecule has 0 aromatic carbocycles. The van der Waals surface area contributed by atoms with Crippen LogP contribution in [0.4, 0.5) is 0 Å². The van der Waals surface area contributed by atoms with Crippen molar-refractivity contribution in [2.24, 2.45) is 0 Å². The Labute approximate surface area is 111 Å². The third-order valence-corrected chi connectivity index (χ3v) is 4.31. The quantitative estimate of drug-likeness (QED) is 0.784. The van der Waals surface area contributed by atoms with Crippen LogP contribution in [0.3, 0.4) is 0 Å². The molecule has 0 saturated heterocycles. The summed E-state index contributed by atoms with van der Waals surface area (Å²) in [4.78, 5) is 21.0. The number of nitrogens with zero attached hydrogens (tertiary/aromatic N) is 3. The molecule has 2 atom stereocenters. The van der Waals surface area contributed by atoms with E-state index in [1.54, 1.807) is 0 Å². The predicted molar refractivity (Wildman–Crippen MR) is 71.0 cm³/mol. The lowest BCUT2D eigenvalue weighted by molar-refractivity contribution is 0.0855. The van der Waals surface area contributed by atoms with E-state index in [0.717, 1.165) is 35.4 Å². The number of carbonyl (C=O) groups is 1. The van der Waals surface area contributed by atoms with E-state index < -0.39 is 0 Å². The summed E-state index contributed by atoms with van der Waals surface area (Å²) in [5.74, 6) is 0.783. The number of fused-ring (bicyclic) bond motifs is 5. The Morgan fingerprint density at radius 1 is 1.37 bits per heavy atom. The highest BCUT2D eigenvalue weighted by Gasteiger charge is 2.36. The second-order valence-corrected chi connectivity index (χ2v) is 5.53. The Morgan fingerprint density at radius 3 is 3.11 bits per heavy atom. The Hall–Kier alpha value is -1.91. The molecule has 1 fully saturated rings. The van der Waals surface area contributed by atoms with Crippen molar-refractivity contribution in [1.82, 2.24) is 19.9 Å². The van der Waals surface area contributed by atoms with Gasteiger partial charge < -0.3 is 9.88 Å². The minimum Gasteiger partial charge on any atom is -0.346 e. The zero-order valence-electron chi connectivity index (χ0n) is 10.9. The second-order valence-electron chi connectivity index (χ2n) is 5.53. The molecule has 1 aliphatic heterocycles. The SMILES string of the molecule is Cc1ncc2cc3n(c2n1)[C@H]1CCCC[C@@H]1NC3=O. The van der Waals surface area contributed by atoms with E-state index in [1.807, 2.05) is 19.2 Å². The topological polar surface area (TPSA) is 59.8 Å². The van der Waals surface area contributed by atoms with Crippen LogP contribution in [0.15, 0.2) is 12.3 Å². The van der Waals surface area contributed by atoms with Crippen LogP contribution in [0.1, 0.15) is 48.0 Å². The van der Waals surface area contributed by atoms with Crippen molar-refractivity contribution < 1.29 is 4.79 Å². The van der Waals surface area contributed by atoms with Gasteiger partial charge in [0, 0.05) is 17.6 Å². The first-order chi connectivity index (χ1) is 9.24. The van der Waals surface area contributed by atoms with Crippen molar-refractivity contribution >= 4 is 16.9 Å². The molecule has 2 aromatic rings. The molecule has 5 nitrogen and oxygen atoms in total. The van der Waals surface area contributed by atoms with Gasteiger partial charge in [0.05, 0.1) is 6.04 Å². The maximum absolute atomic E-state index is 12.2. The van der Waals surface area contributed by atoms with E-state index in [0.29, 0.717) is 6.04 Å². The van der Waals surface area contributed by atoms with Crippen LogP contribution in [0.25, 0.3) is 11.0 Å². The average molecular weight is 256 g/mol. The molecule has 2 aliphatic rings. The standard InChI is InChI=1S/C14H16N4O/c1-8-15-7-9-6-12-14(19)17-10-4-2-3-5-11(10)18(12)13(9)16-8/h6-7,10-11H,2-5H2,1H3,(H,17,19)/t10-,11-/m0/s1. The Balaban J connectivity index is 1.98. The largest absolute Gasteiger partial charge is 0.346 e. The number of rotatable bonds is 0. The molecule has 1 N–H and O–H groups in total. The van der Waals surface area contributed by atoms with Gasteiger partial charge in [-0.25, -0.2) is 9.97 Å². The van der Waals surface area contributed by atoms with Crippen LogP contribution in [0.2, 0.25) is 0 Å². The van der Waals surface area contributed by atoms with Crippen molar-refractivity contribution in [3.63, 3.8) is 0 Å². The molecule has 0 unspecified atom stereocenters. The highest BCUT2D eigenvalue weighted by molar-refractivity contribution is 5.99. The summed E-state index contributed by atoms with van der Waals surface area (Å²) in [7, 11) is 0. The molecule has 1 saturated carbocycles. The fourth-order valence-corrected chi connectivity index (χ4v) is 3.43. The monoisotopic (exact) mass is 256 g/mol. The third-order valence-electron chi connectivity index (χ3n) is 4.31. The van der Waals surface area contributed by atoms with E-state index in [9.17, 15) is 4.79 Å². The summed E-state index contributed by atoms with van der Waals surface area (Å²) in [5.41, 5.74) is 1.65. The fraction of sp³-hybridized carbons (Fsp3) is 0.500. The Morgan fingerprint density at radius 2 is 2.21 bits per heavy atom. The molecule has 0 spiro atoms. The zero-order chi connectivity index (χ0) is 13.0. The van der Waals surface area contributed by atoms with Gasteiger partial charge in [-0.15, -0.1) is 0 Å². The summed E-state index contributed by atoms with van der Waals surface area (Å²) < 4.78 is 2.15. The van der Waals surface area contributed by atoms with Crippen molar-refractivity contribution in [2.75, 3.05) is 0 Å². The van der Waals surface area contributed by atoms with Gasteiger partial charge in [0.25, 0.3) is 5.91 Å². The highest BCUT2D eigenvalue weighted by Crippen LogP contribution is 2.36. The summed E-state index contributed by atoms with van der Waals surface area (Å²) in [6.45, 7) is 1.89. The predicted octanol–water partition coefficient (Wildman–Crippen LogP) is 1.97. The number of aryl methyl sites for hydroxylation is 1. The summed E-state index contributed by atoms with van der Waals surface area (Å²) in [6, 6.07) is 2.53. The van der Waals surface area contributed by atoms with Gasteiger partial charge in [0.1, 0.15) is 17.2 Å². The van der Waals surface area contributed by atoms with Gasteiger partial charge in [0.15, 0.2) is 0 Å². The lowest BCUT2D eigenvalue weighted by atomic mass is 9.88. The van der Waals surface area contributed by atoms with Crippen LogP contribution in [0.5, 0.6) is 0 Å². The first-order valence-electron chi connectivity index (χ1n) is 6.89. The summed E-state index contributed by atoms with van der Waals surface area (Å²) in [5, 5.41) is 4.10. The van der Waals surface area contributed by atoms with Crippen LogP contribution < -0.4 is 5.32 Å². The third kappa shape index (κ3) is 1.50. The van der Waals surface area contributed by atoms with E-state index in [1.165, 1.54) is 12.8 Å². The van der Waals surface area contributed by atoms with Crippen molar-refractivity contribution in [1.29, 1.82) is 0 Å². The number of nitrogens with one attached hydrogen (secondary N) is 1. The first kappa shape index (κ1) is 11.0. The van der Waals surface area contributed by atoms with E-state index in [-0.39, 0.29) is 11.9 Å². The molecule has 4 rings (SSSR count). The molecule has 5 heteroatoms. The molecular weight excluding hydrogens is 240 g/mol. The van der Waals surface area contributed by atoms with Crippen LogP contribution in [-0.2, 0) is 0 Å².